The average molecular weight is 290 g/mol. The number of hydrogen-bond donors (Lipinski definition) is 2. The van der Waals surface area contributed by atoms with Crippen LogP contribution in [0.3, 0.4) is 0 Å². The molecule has 0 atom stereocenters. The summed E-state index contributed by atoms with van der Waals surface area (Å²) in [5.41, 5.74) is 0.426. The average Bonchev–Trinajstić information content (AvgIpc) is 2.95. The number of benzene rings is 1. The molecule has 110 valence electrons. The highest BCUT2D eigenvalue weighted by Gasteiger charge is 2.10. The number of nitrogens with one attached hydrogen (secondary N) is 1. The van der Waals surface area contributed by atoms with Gasteiger partial charge in [0.2, 0.25) is 5.91 Å². The molecule has 2 rings (SSSR count). The summed E-state index contributed by atoms with van der Waals surface area (Å²) in [4.78, 5) is 22.5. The lowest BCUT2D eigenvalue weighted by Crippen LogP contribution is -2.15. The summed E-state index contributed by atoms with van der Waals surface area (Å²) in [5, 5.41) is 18.5. The SMILES string of the molecule is COc1ccccc1NC(=O)CCn1cc(C(=O)O)nn1. The van der Waals surface area contributed by atoms with Crippen LogP contribution in [0.25, 0.3) is 0 Å². The third kappa shape index (κ3) is 3.78. The summed E-state index contributed by atoms with van der Waals surface area (Å²) in [6.45, 7) is 0.237. The predicted octanol–water partition coefficient (Wildman–Crippen LogP) is 1.01. The molecule has 0 saturated carbocycles. The number of aromatic nitrogens is 3. The number of carboxylic acids is 1. The smallest absolute Gasteiger partial charge is 0.358 e. The predicted molar refractivity (Wildman–Crippen MR) is 73.2 cm³/mol. The molecular formula is C13H14N4O4. The summed E-state index contributed by atoms with van der Waals surface area (Å²) in [5.74, 6) is -0.814. The quantitative estimate of drug-likeness (QED) is 0.822. The van der Waals surface area contributed by atoms with E-state index in [9.17, 15) is 9.59 Å². The van der Waals surface area contributed by atoms with Gasteiger partial charge >= 0.3 is 5.97 Å². The molecule has 0 saturated heterocycles. The number of carboxylic acid groups (broad SMARTS) is 1. The van der Waals surface area contributed by atoms with Gasteiger partial charge in [-0.15, -0.1) is 5.10 Å². The van der Waals surface area contributed by atoms with E-state index >= 15 is 0 Å². The molecule has 21 heavy (non-hydrogen) atoms. The second kappa shape index (κ2) is 6.51. The number of hydrogen-bond acceptors (Lipinski definition) is 5. The van der Waals surface area contributed by atoms with E-state index in [-0.39, 0.29) is 24.6 Å². The Kier molecular flexibility index (Phi) is 4.50. The zero-order valence-corrected chi connectivity index (χ0v) is 11.3. The Labute approximate surface area is 120 Å². The summed E-state index contributed by atoms with van der Waals surface area (Å²) >= 11 is 0. The fourth-order valence-corrected chi connectivity index (χ4v) is 1.68. The van der Waals surface area contributed by atoms with Crippen molar-refractivity contribution in [3.63, 3.8) is 0 Å². The first-order chi connectivity index (χ1) is 10.1. The highest BCUT2D eigenvalue weighted by atomic mass is 16.5. The number of para-hydroxylation sites is 2. The Morgan fingerprint density at radius 2 is 2.14 bits per heavy atom. The maximum absolute atomic E-state index is 11.9. The first-order valence-corrected chi connectivity index (χ1v) is 6.16. The molecule has 0 aliphatic heterocycles. The normalized spacial score (nSPS) is 10.1. The molecule has 1 aromatic carbocycles. The molecule has 2 aromatic rings. The van der Waals surface area contributed by atoms with Gasteiger partial charge in [-0.1, -0.05) is 17.3 Å². The van der Waals surface area contributed by atoms with Gasteiger partial charge in [-0.3, -0.25) is 9.48 Å². The van der Waals surface area contributed by atoms with Gasteiger partial charge in [0.1, 0.15) is 5.75 Å². The Morgan fingerprint density at radius 1 is 1.38 bits per heavy atom. The molecule has 0 bridgehead atoms. The monoisotopic (exact) mass is 290 g/mol. The topological polar surface area (TPSA) is 106 Å². The van der Waals surface area contributed by atoms with Crippen LogP contribution in [-0.2, 0) is 11.3 Å². The van der Waals surface area contributed by atoms with Crippen LogP contribution >= 0.6 is 0 Å². The van der Waals surface area contributed by atoms with Gasteiger partial charge in [-0.05, 0) is 12.1 Å². The van der Waals surface area contributed by atoms with Crippen molar-refractivity contribution >= 4 is 17.6 Å². The molecule has 1 amide bonds. The van der Waals surface area contributed by atoms with E-state index in [1.54, 1.807) is 24.3 Å². The molecule has 0 unspecified atom stereocenters. The number of aromatic carboxylic acids is 1. The summed E-state index contributed by atoms with van der Waals surface area (Å²) in [7, 11) is 1.52. The lowest BCUT2D eigenvalue weighted by Gasteiger charge is -2.09. The molecule has 8 heteroatoms. The van der Waals surface area contributed by atoms with E-state index in [1.165, 1.54) is 18.0 Å². The Balaban J connectivity index is 1.91. The Bertz CT molecular complexity index is 653. The zero-order chi connectivity index (χ0) is 15.2. The standard InChI is InChI=1S/C13H14N4O4/c1-21-11-5-3-2-4-9(11)14-12(18)6-7-17-8-10(13(19)20)15-16-17/h2-5,8H,6-7H2,1H3,(H,14,18)(H,19,20). The second-order valence-corrected chi connectivity index (χ2v) is 4.17. The Hall–Kier alpha value is -2.90. The van der Waals surface area contributed by atoms with E-state index in [2.05, 4.69) is 15.6 Å². The lowest BCUT2D eigenvalue weighted by atomic mass is 10.3. The minimum absolute atomic E-state index is 0.139. The van der Waals surface area contributed by atoms with E-state index in [0.29, 0.717) is 11.4 Å². The lowest BCUT2D eigenvalue weighted by molar-refractivity contribution is -0.116. The molecular weight excluding hydrogens is 276 g/mol. The van der Waals surface area contributed by atoms with Gasteiger partial charge in [0.15, 0.2) is 5.69 Å². The number of carbonyl (C=O) groups excluding carboxylic acids is 1. The summed E-state index contributed by atoms with van der Waals surface area (Å²) in [6, 6.07) is 7.06. The van der Waals surface area contributed by atoms with Crippen molar-refractivity contribution in [2.45, 2.75) is 13.0 Å². The summed E-state index contributed by atoms with van der Waals surface area (Å²) < 4.78 is 6.44. The number of carbonyl (C=O) groups is 2. The number of nitrogens with zero attached hydrogens (tertiary/aromatic N) is 3. The van der Waals surface area contributed by atoms with Crippen LogP contribution in [0.4, 0.5) is 5.69 Å². The Morgan fingerprint density at radius 3 is 2.81 bits per heavy atom. The molecule has 0 aliphatic carbocycles. The minimum Gasteiger partial charge on any atom is -0.495 e. The van der Waals surface area contributed by atoms with Crippen molar-refractivity contribution in [2.75, 3.05) is 12.4 Å². The molecule has 0 radical (unpaired) electrons. The first kappa shape index (κ1) is 14.5. The molecule has 0 fully saturated rings. The van der Waals surface area contributed by atoms with Gasteiger partial charge in [0.05, 0.1) is 25.5 Å². The number of ether oxygens (including phenoxy) is 1. The number of aryl methyl sites for hydroxylation is 1. The van der Waals surface area contributed by atoms with Gasteiger partial charge in [0, 0.05) is 6.42 Å². The minimum atomic E-state index is -1.15. The molecule has 2 N–H and O–H groups in total. The van der Waals surface area contributed by atoms with Crippen molar-refractivity contribution in [3.05, 3.63) is 36.2 Å². The highest BCUT2D eigenvalue weighted by molar-refractivity contribution is 5.92. The van der Waals surface area contributed by atoms with Crippen molar-refractivity contribution in [3.8, 4) is 5.75 Å². The maximum atomic E-state index is 11.9. The van der Waals surface area contributed by atoms with Gasteiger partial charge < -0.3 is 15.2 Å². The van der Waals surface area contributed by atoms with Crippen molar-refractivity contribution in [2.24, 2.45) is 0 Å². The summed E-state index contributed by atoms with van der Waals surface area (Å²) in [6.07, 6.45) is 1.42. The third-order valence-corrected chi connectivity index (χ3v) is 2.71. The number of rotatable bonds is 6. The molecule has 8 nitrogen and oxygen atoms in total. The van der Waals surface area contributed by atoms with Crippen LogP contribution in [0.2, 0.25) is 0 Å². The van der Waals surface area contributed by atoms with Crippen molar-refractivity contribution in [1.29, 1.82) is 0 Å². The van der Waals surface area contributed by atoms with Gasteiger partial charge in [0.25, 0.3) is 0 Å². The number of anilines is 1. The zero-order valence-electron chi connectivity index (χ0n) is 11.3. The highest BCUT2D eigenvalue weighted by Crippen LogP contribution is 2.22. The van der Waals surface area contributed by atoms with Crippen LogP contribution in [0, 0.1) is 0 Å². The van der Waals surface area contributed by atoms with Gasteiger partial charge in [-0.2, -0.15) is 0 Å². The van der Waals surface area contributed by atoms with Crippen LogP contribution in [0.1, 0.15) is 16.9 Å². The van der Waals surface area contributed by atoms with E-state index < -0.39 is 5.97 Å². The van der Waals surface area contributed by atoms with E-state index in [1.807, 2.05) is 0 Å². The fourth-order valence-electron chi connectivity index (χ4n) is 1.68. The fraction of sp³-hybridized carbons (Fsp3) is 0.231. The van der Waals surface area contributed by atoms with Crippen molar-refractivity contribution in [1.82, 2.24) is 15.0 Å². The van der Waals surface area contributed by atoms with Crippen LogP contribution in [0.5, 0.6) is 5.75 Å². The number of amides is 1. The van der Waals surface area contributed by atoms with Gasteiger partial charge in [-0.25, -0.2) is 4.79 Å². The first-order valence-electron chi connectivity index (χ1n) is 6.16. The van der Waals surface area contributed by atoms with E-state index in [0.717, 1.165) is 0 Å². The largest absolute Gasteiger partial charge is 0.495 e. The second-order valence-electron chi connectivity index (χ2n) is 4.17. The third-order valence-electron chi connectivity index (χ3n) is 2.71. The van der Waals surface area contributed by atoms with E-state index in [4.69, 9.17) is 9.84 Å². The van der Waals surface area contributed by atoms with Crippen molar-refractivity contribution < 1.29 is 19.4 Å². The number of methoxy groups -OCH3 is 1. The molecule has 1 heterocycles. The maximum Gasteiger partial charge on any atom is 0.358 e. The van der Waals surface area contributed by atoms with Crippen LogP contribution in [-0.4, -0.2) is 39.1 Å². The molecule has 0 aliphatic rings. The van der Waals surface area contributed by atoms with Crippen LogP contribution in [0.15, 0.2) is 30.5 Å². The molecule has 0 spiro atoms. The molecule has 1 aromatic heterocycles. The van der Waals surface area contributed by atoms with Crippen LogP contribution < -0.4 is 10.1 Å².